The van der Waals surface area contributed by atoms with E-state index in [-0.39, 0.29) is 18.4 Å². The van der Waals surface area contributed by atoms with Gasteiger partial charge in [-0.25, -0.2) is 4.79 Å². The Kier molecular flexibility index (Phi) is 5.31. The Labute approximate surface area is 103 Å². The van der Waals surface area contributed by atoms with Gasteiger partial charge in [0.25, 0.3) is 0 Å². The van der Waals surface area contributed by atoms with Crippen LogP contribution in [0.2, 0.25) is 0 Å². The van der Waals surface area contributed by atoms with E-state index in [1.807, 2.05) is 9.80 Å². The number of hydrogen-bond acceptors (Lipinski definition) is 3. The van der Waals surface area contributed by atoms with Gasteiger partial charge >= 0.3 is 6.03 Å². The number of carbonyl (C=O) groups excluding carboxylic acids is 1. The smallest absolute Gasteiger partial charge is 0.320 e. The van der Waals surface area contributed by atoms with Crippen LogP contribution in [0.15, 0.2) is 0 Å². The van der Waals surface area contributed by atoms with Crippen molar-refractivity contribution < 1.29 is 9.53 Å². The quantitative estimate of drug-likeness (QED) is 0.665. The van der Waals surface area contributed by atoms with Crippen LogP contribution in [0, 0.1) is 0 Å². The van der Waals surface area contributed by atoms with Gasteiger partial charge in [0, 0.05) is 38.8 Å². The zero-order chi connectivity index (χ0) is 10.7. The summed E-state index contributed by atoms with van der Waals surface area (Å²) in [6.45, 7) is 7.52. The van der Waals surface area contributed by atoms with E-state index < -0.39 is 0 Å². The number of halogens is 1. The first kappa shape index (κ1) is 13.5. The van der Waals surface area contributed by atoms with Gasteiger partial charge in [-0.1, -0.05) is 0 Å². The second kappa shape index (κ2) is 6.27. The van der Waals surface area contributed by atoms with Crippen molar-refractivity contribution in [2.24, 2.45) is 0 Å². The van der Waals surface area contributed by atoms with E-state index in [1.165, 1.54) is 0 Å². The Morgan fingerprint density at radius 1 is 1.31 bits per heavy atom. The number of amides is 2. The van der Waals surface area contributed by atoms with Gasteiger partial charge in [-0.15, -0.1) is 12.4 Å². The van der Waals surface area contributed by atoms with Gasteiger partial charge in [-0.3, -0.25) is 0 Å². The van der Waals surface area contributed by atoms with Crippen LogP contribution in [0.1, 0.15) is 6.92 Å². The van der Waals surface area contributed by atoms with Crippen LogP contribution < -0.4 is 5.32 Å². The maximum absolute atomic E-state index is 12.1. The van der Waals surface area contributed by atoms with Gasteiger partial charge in [-0.2, -0.15) is 0 Å². The van der Waals surface area contributed by atoms with Crippen molar-refractivity contribution in [1.82, 2.24) is 15.1 Å². The standard InChI is InChI=1S/C10H19N3O2.ClH/c1-9-8-11-2-3-13(9)10(14)12-4-6-15-7-5-12;/h9,11H,2-8H2,1H3;1H/t9-;/m0./s1. The number of carbonyl (C=O) groups is 1. The number of hydrogen-bond donors (Lipinski definition) is 1. The van der Waals surface area contributed by atoms with Crippen molar-refractivity contribution in [2.75, 3.05) is 45.9 Å². The summed E-state index contributed by atoms with van der Waals surface area (Å²) in [5.41, 5.74) is 0. The number of urea groups is 1. The summed E-state index contributed by atoms with van der Waals surface area (Å²) >= 11 is 0. The van der Waals surface area contributed by atoms with Gasteiger partial charge in [-0.05, 0) is 6.92 Å². The zero-order valence-corrected chi connectivity index (χ0v) is 10.5. The maximum atomic E-state index is 12.1. The summed E-state index contributed by atoms with van der Waals surface area (Å²) in [4.78, 5) is 16.0. The Morgan fingerprint density at radius 2 is 2.00 bits per heavy atom. The second-order valence-electron chi connectivity index (χ2n) is 4.13. The van der Waals surface area contributed by atoms with Crippen LogP contribution in [0.5, 0.6) is 0 Å². The molecule has 0 aromatic carbocycles. The highest BCUT2D eigenvalue weighted by Gasteiger charge is 2.27. The molecule has 0 saturated carbocycles. The number of ether oxygens (including phenoxy) is 1. The summed E-state index contributed by atoms with van der Waals surface area (Å²) < 4.78 is 5.24. The largest absolute Gasteiger partial charge is 0.378 e. The van der Waals surface area contributed by atoms with Crippen molar-refractivity contribution >= 4 is 18.4 Å². The molecule has 0 radical (unpaired) electrons. The van der Waals surface area contributed by atoms with Crippen LogP contribution >= 0.6 is 12.4 Å². The molecule has 0 bridgehead atoms. The van der Waals surface area contributed by atoms with Crippen LogP contribution in [0.3, 0.4) is 0 Å². The zero-order valence-electron chi connectivity index (χ0n) is 9.65. The topological polar surface area (TPSA) is 44.8 Å². The molecule has 2 amide bonds. The highest BCUT2D eigenvalue weighted by molar-refractivity contribution is 5.85. The third kappa shape index (κ3) is 2.99. The lowest BCUT2D eigenvalue weighted by molar-refractivity contribution is 0.0380. The van der Waals surface area contributed by atoms with Gasteiger partial charge in [0.05, 0.1) is 13.2 Å². The first-order valence-corrected chi connectivity index (χ1v) is 5.63. The molecule has 2 aliphatic rings. The van der Waals surface area contributed by atoms with E-state index in [4.69, 9.17) is 4.74 Å². The molecule has 16 heavy (non-hydrogen) atoms. The molecule has 1 N–H and O–H groups in total. The molecule has 5 nitrogen and oxygen atoms in total. The van der Waals surface area contributed by atoms with E-state index in [0.717, 1.165) is 32.7 Å². The fourth-order valence-corrected chi connectivity index (χ4v) is 2.06. The average molecular weight is 250 g/mol. The summed E-state index contributed by atoms with van der Waals surface area (Å²) in [7, 11) is 0. The molecule has 0 aliphatic carbocycles. The number of nitrogens with one attached hydrogen (secondary N) is 1. The van der Waals surface area contributed by atoms with Crippen molar-refractivity contribution in [2.45, 2.75) is 13.0 Å². The van der Waals surface area contributed by atoms with Crippen molar-refractivity contribution in [3.63, 3.8) is 0 Å². The van der Waals surface area contributed by atoms with E-state index in [0.29, 0.717) is 19.3 Å². The van der Waals surface area contributed by atoms with Gasteiger partial charge < -0.3 is 19.9 Å². The predicted molar refractivity (Wildman–Crippen MR) is 64.1 cm³/mol. The fraction of sp³-hybridized carbons (Fsp3) is 0.900. The van der Waals surface area contributed by atoms with Gasteiger partial charge in [0.1, 0.15) is 0 Å². The number of nitrogens with zero attached hydrogens (tertiary/aromatic N) is 2. The van der Waals surface area contributed by atoms with Crippen LogP contribution in [-0.2, 0) is 4.74 Å². The molecule has 2 saturated heterocycles. The highest BCUT2D eigenvalue weighted by Crippen LogP contribution is 2.08. The normalized spacial score (nSPS) is 26.2. The molecule has 0 aromatic heterocycles. The molecule has 2 heterocycles. The second-order valence-corrected chi connectivity index (χ2v) is 4.13. The Morgan fingerprint density at radius 3 is 2.62 bits per heavy atom. The number of morpholine rings is 1. The molecular weight excluding hydrogens is 230 g/mol. The van der Waals surface area contributed by atoms with Crippen LogP contribution in [0.4, 0.5) is 4.79 Å². The summed E-state index contributed by atoms with van der Waals surface area (Å²) in [6, 6.07) is 0.474. The minimum Gasteiger partial charge on any atom is -0.378 e. The third-order valence-electron chi connectivity index (χ3n) is 3.03. The number of rotatable bonds is 0. The first-order valence-electron chi connectivity index (χ1n) is 5.63. The monoisotopic (exact) mass is 249 g/mol. The molecule has 2 fully saturated rings. The minimum atomic E-state index is 0. The van der Waals surface area contributed by atoms with E-state index in [2.05, 4.69) is 12.2 Å². The van der Waals surface area contributed by atoms with Gasteiger partial charge in [0.2, 0.25) is 0 Å². The van der Waals surface area contributed by atoms with E-state index in [1.54, 1.807) is 0 Å². The Bertz CT molecular complexity index is 234. The fourth-order valence-electron chi connectivity index (χ4n) is 2.06. The van der Waals surface area contributed by atoms with E-state index in [9.17, 15) is 4.79 Å². The molecule has 0 spiro atoms. The lowest BCUT2D eigenvalue weighted by atomic mass is 10.2. The Hall–Kier alpha value is -0.520. The van der Waals surface area contributed by atoms with Crippen LogP contribution in [0.25, 0.3) is 0 Å². The molecule has 2 rings (SSSR count). The predicted octanol–water partition coefficient (Wildman–Crippen LogP) is 0.154. The number of piperazine rings is 1. The van der Waals surface area contributed by atoms with Crippen molar-refractivity contribution in [1.29, 1.82) is 0 Å². The average Bonchev–Trinajstić information content (AvgIpc) is 2.30. The molecule has 6 heteroatoms. The molecule has 2 aliphatic heterocycles. The summed E-state index contributed by atoms with van der Waals surface area (Å²) in [6.07, 6.45) is 0. The SMILES string of the molecule is C[C@H]1CNCCN1C(=O)N1CCOCC1.Cl. The lowest BCUT2D eigenvalue weighted by Gasteiger charge is -2.38. The molecule has 0 aromatic rings. The third-order valence-corrected chi connectivity index (χ3v) is 3.03. The molecule has 0 unspecified atom stereocenters. The highest BCUT2D eigenvalue weighted by atomic mass is 35.5. The summed E-state index contributed by atoms with van der Waals surface area (Å²) in [5, 5.41) is 3.29. The van der Waals surface area contributed by atoms with Gasteiger partial charge in [0.15, 0.2) is 0 Å². The molecular formula is C10H20ClN3O2. The first-order chi connectivity index (χ1) is 7.29. The van der Waals surface area contributed by atoms with Crippen molar-refractivity contribution in [3.05, 3.63) is 0 Å². The molecule has 1 atom stereocenters. The van der Waals surface area contributed by atoms with Crippen LogP contribution in [-0.4, -0.2) is 67.8 Å². The maximum Gasteiger partial charge on any atom is 0.320 e. The van der Waals surface area contributed by atoms with Crippen molar-refractivity contribution in [3.8, 4) is 0 Å². The molecule has 94 valence electrons. The Balaban J connectivity index is 0.00000128. The summed E-state index contributed by atoms with van der Waals surface area (Å²) in [5.74, 6) is 0. The minimum absolute atomic E-state index is 0. The lowest BCUT2D eigenvalue weighted by Crippen LogP contribution is -2.57. The van der Waals surface area contributed by atoms with E-state index >= 15 is 0 Å².